The van der Waals surface area contributed by atoms with Crippen LogP contribution in [0, 0.1) is 0 Å². The molecule has 0 saturated heterocycles. The average molecular weight is 461 g/mol. The molecule has 0 aliphatic heterocycles. The van der Waals surface area contributed by atoms with E-state index in [9.17, 15) is 9.59 Å². The molecule has 0 atom stereocenters. The lowest BCUT2D eigenvalue weighted by molar-refractivity contribution is 0.0734. The van der Waals surface area contributed by atoms with Gasteiger partial charge in [-0.05, 0) is 91.2 Å². The van der Waals surface area contributed by atoms with Crippen molar-refractivity contribution in [3.05, 3.63) is 89.5 Å². The van der Waals surface area contributed by atoms with E-state index in [-0.39, 0.29) is 5.91 Å². The molecule has 1 amide bonds. The number of nitrogens with one attached hydrogen (secondary N) is 1. The van der Waals surface area contributed by atoms with Crippen LogP contribution in [0.15, 0.2) is 77.9 Å². The van der Waals surface area contributed by atoms with Gasteiger partial charge < -0.3 is 14.2 Å². The Morgan fingerprint density at radius 3 is 1.76 bits per heavy atom. The molecular formula is C27H28N2O5. The predicted octanol–water partition coefficient (Wildman–Crippen LogP) is 5.25. The molecule has 0 aromatic heterocycles. The molecule has 0 heterocycles. The van der Waals surface area contributed by atoms with Gasteiger partial charge in [-0.2, -0.15) is 5.10 Å². The van der Waals surface area contributed by atoms with Crippen molar-refractivity contribution < 1.29 is 23.8 Å². The van der Waals surface area contributed by atoms with Gasteiger partial charge in [0.25, 0.3) is 5.91 Å². The second-order valence-electron chi connectivity index (χ2n) is 7.40. The number of amides is 1. The summed E-state index contributed by atoms with van der Waals surface area (Å²) in [6.07, 6.45) is 3.35. The van der Waals surface area contributed by atoms with Gasteiger partial charge in [0, 0.05) is 5.56 Å². The lowest BCUT2D eigenvalue weighted by atomic mass is 10.2. The number of hydrogen-bond acceptors (Lipinski definition) is 6. The van der Waals surface area contributed by atoms with E-state index in [0.717, 1.165) is 24.2 Å². The Morgan fingerprint density at radius 2 is 1.24 bits per heavy atom. The zero-order chi connectivity index (χ0) is 24.2. The van der Waals surface area contributed by atoms with Crippen LogP contribution >= 0.6 is 0 Å². The zero-order valence-corrected chi connectivity index (χ0v) is 19.3. The van der Waals surface area contributed by atoms with Crippen LogP contribution in [-0.4, -0.2) is 31.3 Å². The molecule has 0 saturated carbocycles. The first-order valence-corrected chi connectivity index (χ1v) is 11.2. The molecule has 3 rings (SSSR count). The third-order valence-corrected chi connectivity index (χ3v) is 4.62. The number of hydrogen-bond donors (Lipinski definition) is 1. The number of carbonyl (C=O) groups is 2. The van der Waals surface area contributed by atoms with Gasteiger partial charge in [-0.3, -0.25) is 4.79 Å². The Hall–Kier alpha value is -4.13. The van der Waals surface area contributed by atoms with Crippen molar-refractivity contribution in [2.24, 2.45) is 5.10 Å². The van der Waals surface area contributed by atoms with E-state index in [4.69, 9.17) is 14.2 Å². The molecule has 3 aromatic rings. The highest BCUT2D eigenvalue weighted by molar-refractivity contribution is 5.95. The molecule has 0 fully saturated rings. The monoisotopic (exact) mass is 460 g/mol. The van der Waals surface area contributed by atoms with E-state index in [1.807, 2.05) is 13.8 Å². The van der Waals surface area contributed by atoms with Crippen molar-refractivity contribution in [1.29, 1.82) is 0 Å². The Bertz CT molecular complexity index is 1090. The zero-order valence-electron chi connectivity index (χ0n) is 19.3. The third-order valence-electron chi connectivity index (χ3n) is 4.62. The SMILES string of the molecule is CCCOc1ccc(C(=O)NN=Cc2ccc(OC(=O)c3ccc(OCCC)cc3)cc2)cc1. The van der Waals surface area contributed by atoms with Gasteiger partial charge in [0.2, 0.25) is 0 Å². The molecule has 0 spiro atoms. The number of nitrogens with zero attached hydrogens (tertiary/aromatic N) is 1. The minimum absolute atomic E-state index is 0.324. The van der Waals surface area contributed by atoms with Crippen LogP contribution in [0.4, 0.5) is 0 Å². The van der Waals surface area contributed by atoms with Gasteiger partial charge in [0.15, 0.2) is 0 Å². The van der Waals surface area contributed by atoms with Crippen molar-refractivity contribution >= 4 is 18.1 Å². The van der Waals surface area contributed by atoms with Crippen molar-refractivity contribution in [2.75, 3.05) is 13.2 Å². The van der Waals surface area contributed by atoms with Gasteiger partial charge in [-0.25, -0.2) is 10.2 Å². The molecule has 7 heteroatoms. The van der Waals surface area contributed by atoms with Crippen molar-refractivity contribution in [2.45, 2.75) is 26.7 Å². The van der Waals surface area contributed by atoms with E-state index in [1.54, 1.807) is 72.8 Å². The molecule has 0 unspecified atom stereocenters. The highest BCUT2D eigenvalue weighted by Crippen LogP contribution is 2.17. The normalized spacial score (nSPS) is 10.6. The fraction of sp³-hybridized carbons (Fsp3) is 0.222. The van der Waals surface area contributed by atoms with Gasteiger partial charge in [0.1, 0.15) is 17.2 Å². The summed E-state index contributed by atoms with van der Waals surface area (Å²) in [5.41, 5.74) is 4.14. The van der Waals surface area contributed by atoms with Crippen LogP contribution in [0.5, 0.6) is 17.2 Å². The Morgan fingerprint density at radius 1 is 0.735 bits per heavy atom. The lowest BCUT2D eigenvalue weighted by Crippen LogP contribution is -2.17. The summed E-state index contributed by atoms with van der Waals surface area (Å²) in [7, 11) is 0. The summed E-state index contributed by atoms with van der Waals surface area (Å²) in [5, 5.41) is 3.98. The Labute approximate surface area is 199 Å². The summed E-state index contributed by atoms with van der Waals surface area (Å²) in [6, 6.07) is 20.5. The molecule has 0 aliphatic rings. The summed E-state index contributed by atoms with van der Waals surface area (Å²) in [6.45, 7) is 5.33. The summed E-state index contributed by atoms with van der Waals surface area (Å²) in [4.78, 5) is 24.5. The molecule has 7 nitrogen and oxygen atoms in total. The predicted molar refractivity (Wildman–Crippen MR) is 131 cm³/mol. The van der Waals surface area contributed by atoms with Crippen LogP contribution in [0.3, 0.4) is 0 Å². The summed E-state index contributed by atoms with van der Waals surface area (Å²) >= 11 is 0. The summed E-state index contributed by atoms with van der Waals surface area (Å²) in [5.74, 6) is 1.06. The van der Waals surface area contributed by atoms with Crippen LogP contribution in [-0.2, 0) is 0 Å². The van der Waals surface area contributed by atoms with Gasteiger partial charge in [0.05, 0.1) is 25.0 Å². The van der Waals surface area contributed by atoms with Crippen LogP contribution in [0.1, 0.15) is 53.0 Å². The van der Waals surface area contributed by atoms with Gasteiger partial charge in [-0.1, -0.05) is 13.8 Å². The molecule has 34 heavy (non-hydrogen) atoms. The molecule has 0 aliphatic carbocycles. The second kappa shape index (κ2) is 12.8. The van der Waals surface area contributed by atoms with E-state index in [2.05, 4.69) is 10.5 Å². The Balaban J connectivity index is 1.49. The molecule has 0 bridgehead atoms. The van der Waals surface area contributed by atoms with Crippen molar-refractivity contribution in [3.8, 4) is 17.2 Å². The molecule has 1 N–H and O–H groups in total. The largest absolute Gasteiger partial charge is 0.494 e. The van der Waals surface area contributed by atoms with E-state index >= 15 is 0 Å². The lowest BCUT2D eigenvalue weighted by Gasteiger charge is -2.07. The van der Waals surface area contributed by atoms with E-state index < -0.39 is 5.97 Å². The smallest absolute Gasteiger partial charge is 0.343 e. The fourth-order valence-electron chi connectivity index (χ4n) is 2.85. The maximum absolute atomic E-state index is 12.3. The molecule has 176 valence electrons. The molecule has 0 radical (unpaired) electrons. The second-order valence-corrected chi connectivity index (χ2v) is 7.40. The van der Waals surface area contributed by atoms with Gasteiger partial charge in [-0.15, -0.1) is 0 Å². The number of hydrazone groups is 1. The van der Waals surface area contributed by atoms with E-state index in [0.29, 0.717) is 35.8 Å². The first-order valence-electron chi connectivity index (χ1n) is 11.2. The van der Waals surface area contributed by atoms with Crippen LogP contribution in [0.2, 0.25) is 0 Å². The fourth-order valence-corrected chi connectivity index (χ4v) is 2.85. The minimum atomic E-state index is -0.457. The Kier molecular flexibility index (Phi) is 9.22. The van der Waals surface area contributed by atoms with Crippen molar-refractivity contribution in [3.63, 3.8) is 0 Å². The maximum Gasteiger partial charge on any atom is 0.343 e. The number of ether oxygens (including phenoxy) is 3. The number of rotatable bonds is 11. The minimum Gasteiger partial charge on any atom is -0.494 e. The van der Waals surface area contributed by atoms with Crippen molar-refractivity contribution in [1.82, 2.24) is 5.43 Å². The first kappa shape index (κ1) is 24.5. The molecular weight excluding hydrogens is 432 g/mol. The van der Waals surface area contributed by atoms with Gasteiger partial charge >= 0.3 is 5.97 Å². The topological polar surface area (TPSA) is 86.2 Å². The van der Waals surface area contributed by atoms with Crippen LogP contribution in [0.25, 0.3) is 0 Å². The maximum atomic E-state index is 12.3. The van der Waals surface area contributed by atoms with E-state index in [1.165, 1.54) is 6.21 Å². The number of carbonyl (C=O) groups excluding carboxylic acids is 2. The molecule has 3 aromatic carbocycles. The van der Waals surface area contributed by atoms with Crippen LogP contribution < -0.4 is 19.6 Å². The highest BCUT2D eigenvalue weighted by atomic mass is 16.5. The third kappa shape index (κ3) is 7.48. The first-order chi connectivity index (χ1) is 16.6. The number of esters is 1. The summed E-state index contributed by atoms with van der Waals surface area (Å²) < 4.78 is 16.4. The number of benzene rings is 3. The standard InChI is InChI=1S/C27H28N2O5/c1-3-17-32-23-13-7-21(8-14-23)26(30)29-28-19-20-5-11-25(12-6-20)34-27(31)22-9-15-24(16-10-22)33-18-4-2/h5-16,19H,3-4,17-18H2,1-2H3,(H,29,30). The average Bonchev–Trinajstić information content (AvgIpc) is 2.87. The highest BCUT2D eigenvalue weighted by Gasteiger charge is 2.09. The quantitative estimate of drug-likeness (QED) is 0.183.